The molecule has 19 heavy (non-hydrogen) atoms. The number of carbonyl (C=O) groups excluding carboxylic acids is 1. The van der Waals surface area contributed by atoms with Crippen LogP contribution in [0, 0.1) is 5.41 Å². The zero-order chi connectivity index (χ0) is 14.5. The van der Waals surface area contributed by atoms with Crippen molar-refractivity contribution in [2.75, 3.05) is 0 Å². The molecule has 0 saturated heterocycles. The van der Waals surface area contributed by atoms with Crippen molar-refractivity contribution in [3.63, 3.8) is 0 Å². The minimum Gasteiger partial charge on any atom is -0.444 e. The van der Waals surface area contributed by atoms with Crippen LogP contribution in [0.15, 0.2) is 4.99 Å². The maximum Gasteiger partial charge on any atom is 0.407 e. The molecule has 6 nitrogen and oxygen atoms in total. The molecule has 0 aliphatic heterocycles. The monoisotopic (exact) mass is 268 g/mol. The van der Waals surface area contributed by atoms with Crippen molar-refractivity contribution in [2.24, 2.45) is 4.99 Å². The van der Waals surface area contributed by atoms with Crippen molar-refractivity contribution in [1.29, 1.82) is 5.41 Å². The molecule has 108 valence electrons. The van der Waals surface area contributed by atoms with E-state index in [4.69, 9.17) is 10.1 Å². The van der Waals surface area contributed by atoms with Gasteiger partial charge in [-0.15, -0.1) is 0 Å². The van der Waals surface area contributed by atoms with Crippen LogP contribution < -0.4 is 10.6 Å². The summed E-state index contributed by atoms with van der Waals surface area (Å²) in [4.78, 5) is 15.1. The molecule has 0 atom stereocenters. The summed E-state index contributed by atoms with van der Waals surface area (Å²) in [5, 5.41) is 13.3. The van der Waals surface area contributed by atoms with E-state index in [1.54, 1.807) is 0 Å². The summed E-state index contributed by atoms with van der Waals surface area (Å²) in [7, 11) is 0. The van der Waals surface area contributed by atoms with Gasteiger partial charge in [0, 0.05) is 12.1 Å². The maximum absolute atomic E-state index is 11.6. The highest BCUT2D eigenvalue weighted by Crippen LogP contribution is 2.19. The summed E-state index contributed by atoms with van der Waals surface area (Å²) in [6.45, 7) is 8.85. The Kier molecular flexibility index (Phi) is 5.32. The Morgan fingerprint density at radius 1 is 1.21 bits per heavy atom. The van der Waals surface area contributed by atoms with Gasteiger partial charge in [0.2, 0.25) is 5.96 Å². The number of rotatable bonds is 2. The zero-order valence-electron chi connectivity index (χ0n) is 12.0. The van der Waals surface area contributed by atoms with Gasteiger partial charge in [0.05, 0.1) is 0 Å². The van der Waals surface area contributed by atoms with Gasteiger partial charge in [-0.3, -0.25) is 5.41 Å². The van der Waals surface area contributed by atoms with E-state index in [0.29, 0.717) is 0 Å². The highest BCUT2D eigenvalue weighted by atomic mass is 16.6. The van der Waals surface area contributed by atoms with Gasteiger partial charge in [-0.25, -0.2) is 9.79 Å². The third-order valence-electron chi connectivity index (χ3n) is 2.95. The minimum atomic E-state index is -0.465. The van der Waals surface area contributed by atoms with E-state index in [1.807, 2.05) is 20.8 Å². The van der Waals surface area contributed by atoms with E-state index in [1.165, 1.54) is 0 Å². The first-order valence-electron chi connectivity index (χ1n) is 6.61. The number of nitrogens with zero attached hydrogens (tertiary/aromatic N) is 1. The van der Waals surface area contributed by atoms with Gasteiger partial charge >= 0.3 is 6.09 Å². The molecule has 0 spiro atoms. The van der Waals surface area contributed by atoms with Crippen molar-refractivity contribution >= 4 is 18.8 Å². The zero-order valence-corrected chi connectivity index (χ0v) is 12.0. The lowest BCUT2D eigenvalue weighted by molar-refractivity contribution is 0.0490. The fourth-order valence-electron chi connectivity index (χ4n) is 2.10. The second kappa shape index (κ2) is 6.54. The Hall–Kier alpha value is -1.59. The number of ether oxygens (including phenoxy) is 1. The summed E-state index contributed by atoms with van der Waals surface area (Å²) >= 11 is 0. The molecule has 1 aliphatic carbocycles. The fraction of sp³-hybridized carbons (Fsp3) is 0.769. The Morgan fingerprint density at radius 3 is 2.11 bits per heavy atom. The molecule has 3 N–H and O–H groups in total. The molecule has 0 heterocycles. The molecule has 0 aromatic rings. The first kappa shape index (κ1) is 15.5. The highest BCUT2D eigenvalue weighted by Gasteiger charge is 2.24. The average Bonchev–Trinajstić information content (AvgIpc) is 2.29. The van der Waals surface area contributed by atoms with Crippen molar-refractivity contribution < 1.29 is 9.53 Å². The van der Waals surface area contributed by atoms with E-state index in [2.05, 4.69) is 22.3 Å². The van der Waals surface area contributed by atoms with Gasteiger partial charge in [-0.2, -0.15) is 0 Å². The van der Waals surface area contributed by atoms with Crippen LogP contribution in [-0.2, 0) is 4.74 Å². The summed E-state index contributed by atoms with van der Waals surface area (Å²) in [5.74, 6) is 0.114. The maximum atomic E-state index is 11.6. The largest absolute Gasteiger partial charge is 0.444 e. The lowest BCUT2D eigenvalue weighted by Gasteiger charge is -2.30. The molecule has 1 saturated carbocycles. The molecule has 6 heteroatoms. The van der Waals surface area contributed by atoms with Gasteiger partial charge in [-0.05, 0) is 53.2 Å². The minimum absolute atomic E-state index is 0.114. The normalized spacial score (nSPS) is 23.3. The number of alkyl carbamates (subject to hydrolysis) is 1. The smallest absolute Gasteiger partial charge is 0.407 e. The molecule has 0 aromatic heterocycles. The van der Waals surface area contributed by atoms with Gasteiger partial charge in [0.25, 0.3) is 0 Å². The number of aliphatic imine (C=N–C) groups is 1. The van der Waals surface area contributed by atoms with Crippen molar-refractivity contribution in [3.8, 4) is 0 Å². The van der Waals surface area contributed by atoms with Gasteiger partial charge in [0.15, 0.2) is 0 Å². The summed E-state index contributed by atoms with van der Waals surface area (Å²) in [6.07, 6.45) is 3.20. The number of hydrogen-bond donors (Lipinski definition) is 3. The van der Waals surface area contributed by atoms with E-state index >= 15 is 0 Å². The predicted octanol–water partition coefficient (Wildman–Crippen LogP) is 2.05. The standard InChI is InChI=1S/C13H24N4O2/c1-13(2,3)19-12(18)17-10-7-5-9(6-8-10)16-11(14)15-4/h9-10H,4-8H2,1-3H3,(H2,14,16)(H,17,18). The predicted molar refractivity (Wildman–Crippen MR) is 75.8 cm³/mol. The fourth-order valence-corrected chi connectivity index (χ4v) is 2.10. The van der Waals surface area contributed by atoms with E-state index < -0.39 is 5.60 Å². The Morgan fingerprint density at radius 2 is 1.68 bits per heavy atom. The van der Waals surface area contributed by atoms with Crippen LogP contribution in [0.25, 0.3) is 0 Å². The Balaban J connectivity index is 2.28. The number of nitrogens with one attached hydrogen (secondary N) is 3. The topological polar surface area (TPSA) is 86.6 Å². The molecule has 0 bridgehead atoms. The van der Waals surface area contributed by atoms with Crippen molar-refractivity contribution in [1.82, 2.24) is 10.6 Å². The number of carbonyl (C=O) groups is 1. The van der Waals surface area contributed by atoms with Crippen LogP contribution in [0.1, 0.15) is 46.5 Å². The number of hydrogen-bond acceptors (Lipinski definition) is 3. The van der Waals surface area contributed by atoms with Crippen molar-refractivity contribution in [2.45, 2.75) is 64.1 Å². The molecule has 1 fully saturated rings. The lowest BCUT2D eigenvalue weighted by Crippen LogP contribution is -2.44. The van der Waals surface area contributed by atoms with Gasteiger partial charge in [-0.1, -0.05) is 0 Å². The third-order valence-corrected chi connectivity index (χ3v) is 2.95. The van der Waals surface area contributed by atoms with E-state index in [0.717, 1.165) is 25.7 Å². The molecule has 0 unspecified atom stereocenters. The number of amides is 1. The Labute approximate surface area is 114 Å². The highest BCUT2D eigenvalue weighted by molar-refractivity contribution is 5.81. The van der Waals surface area contributed by atoms with Crippen LogP contribution in [0.3, 0.4) is 0 Å². The van der Waals surface area contributed by atoms with Crippen LogP contribution in [0.5, 0.6) is 0 Å². The molecular weight excluding hydrogens is 244 g/mol. The van der Waals surface area contributed by atoms with Crippen LogP contribution in [0.2, 0.25) is 0 Å². The quantitative estimate of drug-likeness (QED) is 0.529. The SMILES string of the molecule is C=NC(=N)NC1CCC(NC(=O)OC(C)(C)C)CC1. The average molecular weight is 268 g/mol. The van der Waals surface area contributed by atoms with E-state index in [-0.39, 0.29) is 24.1 Å². The second-order valence-electron chi connectivity index (χ2n) is 5.85. The van der Waals surface area contributed by atoms with Gasteiger partial charge in [0.1, 0.15) is 5.60 Å². The molecule has 0 aromatic carbocycles. The third kappa shape index (κ3) is 6.22. The first-order valence-corrected chi connectivity index (χ1v) is 6.61. The second-order valence-corrected chi connectivity index (χ2v) is 5.85. The molecular formula is C13H24N4O2. The molecule has 0 radical (unpaired) electrons. The van der Waals surface area contributed by atoms with Crippen LogP contribution in [-0.4, -0.2) is 36.5 Å². The molecule has 1 amide bonds. The summed E-state index contributed by atoms with van der Waals surface area (Å²) < 4.78 is 5.23. The summed E-state index contributed by atoms with van der Waals surface area (Å²) in [5.41, 5.74) is -0.465. The lowest BCUT2D eigenvalue weighted by atomic mass is 9.91. The van der Waals surface area contributed by atoms with Gasteiger partial charge < -0.3 is 15.4 Å². The van der Waals surface area contributed by atoms with Crippen molar-refractivity contribution in [3.05, 3.63) is 0 Å². The Bertz CT molecular complexity index is 341. The summed E-state index contributed by atoms with van der Waals surface area (Å²) in [6, 6.07) is 0.397. The van der Waals surface area contributed by atoms with Crippen LogP contribution in [0.4, 0.5) is 4.79 Å². The van der Waals surface area contributed by atoms with E-state index in [9.17, 15) is 4.79 Å². The first-order chi connectivity index (χ1) is 8.80. The molecule has 1 rings (SSSR count). The van der Waals surface area contributed by atoms with Crippen LogP contribution >= 0.6 is 0 Å². The number of guanidine groups is 1. The molecule has 1 aliphatic rings.